The molecule has 0 atom stereocenters. The summed E-state index contributed by atoms with van der Waals surface area (Å²) in [6, 6.07) is 0. The molecule has 0 saturated heterocycles. The first-order chi connectivity index (χ1) is 6.59. The van der Waals surface area contributed by atoms with E-state index >= 15 is 0 Å². The van der Waals surface area contributed by atoms with Gasteiger partial charge in [0.25, 0.3) is 0 Å². The molecule has 0 amide bonds. The third-order valence-electron chi connectivity index (χ3n) is 1.62. The molecule has 2 aromatic heterocycles. The first-order valence-corrected chi connectivity index (χ1v) is 5.10. The Morgan fingerprint density at radius 3 is 2.86 bits per heavy atom. The average Bonchev–Trinajstić information content (AvgIpc) is 2.47. The molecule has 0 saturated carbocycles. The van der Waals surface area contributed by atoms with Gasteiger partial charge >= 0.3 is 5.97 Å². The number of hydrogen-bond acceptors (Lipinski definition) is 3. The van der Waals surface area contributed by atoms with E-state index in [0.717, 1.165) is 0 Å². The monoisotopic (exact) mass is 319 g/mol. The van der Waals surface area contributed by atoms with Crippen LogP contribution in [0.5, 0.6) is 0 Å². The van der Waals surface area contributed by atoms with Crippen LogP contribution < -0.4 is 0 Å². The molecule has 0 fully saturated rings. The lowest BCUT2D eigenvalue weighted by atomic mass is 10.4. The van der Waals surface area contributed by atoms with Gasteiger partial charge in [-0.1, -0.05) is 0 Å². The molecule has 0 aliphatic carbocycles. The van der Waals surface area contributed by atoms with Crippen LogP contribution in [0.25, 0.3) is 5.65 Å². The van der Waals surface area contributed by atoms with Crippen LogP contribution in [0.4, 0.5) is 0 Å². The molecule has 0 aliphatic heterocycles. The van der Waals surface area contributed by atoms with Crippen LogP contribution in [-0.2, 0) is 0 Å². The Kier molecular flexibility index (Phi) is 2.28. The standard InChI is InChI=1S/C7H3Br2N3O2/c8-3-2-12-4(9)1-10-6(12)5(11-3)7(13)14/h1-2H,(H,13,14). The van der Waals surface area contributed by atoms with E-state index < -0.39 is 5.97 Å². The zero-order valence-electron chi connectivity index (χ0n) is 6.61. The highest BCUT2D eigenvalue weighted by Crippen LogP contribution is 2.18. The van der Waals surface area contributed by atoms with Gasteiger partial charge in [0.1, 0.15) is 9.21 Å². The topological polar surface area (TPSA) is 67.5 Å². The van der Waals surface area contributed by atoms with Gasteiger partial charge in [0.05, 0.1) is 6.20 Å². The number of aromatic nitrogens is 3. The Labute approximate surface area is 95.0 Å². The number of rotatable bonds is 1. The minimum absolute atomic E-state index is 0.0786. The highest BCUT2D eigenvalue weighted by atomic mass is 79.9. The third kappa shape index (κ3) is 1.42. The maximum atomic E-state index is 10.8. The number of nitrogens with zero attached hydrogens (tertiary/aromatic N) is 3. The molecule has 7 heteroatoms. The molecule has 14 heavy (non-hydrogen) atoms. The van der Waals surface area contributed by atoms with Crippen LogP contribution >= 0.6 is 31.9 Å². The van der Waals surface area contributed by atoms with Gasteiger partial charge in [0.15, 0.2) is 11.3 Å². The Morgan fingerprint density at radius 2 is 2.21 bits per heavy atom. The van der Waals surface area contributed by atoms with Crippen molar-refractivity contribution in [3.8, 4) is 0 Å². The molecule has 2 aromatic rings. The van der Waals surface area contributed by atoms with Crippen molar-refractivity contribution in [1.29, 1.82) is 0 Å². The van der Waals surface area contributed by atoms with Crippen molar-refractivity contribution in [2.45, 2.75) is 0 Å². The van der Waals surface area contributed by atoms with Gasteiger partial charge in [0, 0.05) is 6.20 Å². The normalized spacial score (nSPS) is 10.7. The summed E-state index contributed by atoms with van der Waals surface area (Å²) in [6.45, 7) is 0. The molecular formula is C7H3Br2N3O2. The van der Waals surface area contributed by atoms with E-state index in [1.165, 1.54) is 6.20 Å². The van der Waals surface area contributed by atoms with Gasteiger partial charge in [-0.3, -0.25) is 4.40 Å². The van der Waals surface area contributed by atoms with Crippen molar-refractivity contribution in [1.82, 2.24) is 14.4 Å². The molecular weight excluding hydrogens is 318 g/mol. The summed E-state index contributed by atoms with van der Waals surface area (Å²) < 4.78 is 2.72. The lowest BCUT2D eigenvalue weighted by Gasteiger charge is -1.99. The highest BCUT2D eigenvalue weighted by Gasteiger charge is 2.14. The Morgan fingerprint density at radius 1 is 1.50 bits per heavy atom. The summed E-state index contributed by atoms with van der Waals surface area (Å²) >= 11 is 6.37. The van der Waals surface area contributed by atoms with Gasteiger partial charge in [-0.15, -0.1) is 0 Å². The molecule has 0 spiro atoms. The second-order valence-corrected chi connectivity index (χ2v) is 4.12. The summed E-state index contributed by atoms with van der Waals surface area (Å²) in [7, 11) is 0. The van der Waals surface area contributed by atoms with E-state index in [1.807, 2.05) is 0 Å². The summed E-state index contributed by atoms with van der Waals surface area (Å²) in [5.74, 6) is -1.10. The Bertz CT molecular complexity index is 523. The molecule has 2 rings (SSSR count). The highest BCUT2D eigenvalue weighted by molar-refractivity contribution is 9.10. The molecule has 2 heterocycles. The van der Waals surface area contributed by atoms with Crippen LogP contribution in [0.2, 0.25) is 0 Å². The Balaban J connectivity index is 2.88. The predicted molar refractivity (Wildman–Crippen MR) is 55.3 cm³/mol. The predicted octanol–water partition coefficient (Wildman–Crippen LogP) is 1.95. The molecule has 1 N–H and O–H groups in total. The van der Waals surface area contributed by atoms with E-state index in [-0.39, 0.29) is 5.69 Å². The SMILES string of the molecule is O=C(O)c1nc(Br)cn2c(Br)cnc12. The molecule has 5 nitrogen and oxygen atoms in total. The van der Waals surface area contributed by atoms with Crippen LogP contribution in [0.15, 0.2) is 21.6 Å². The first-order valence-electron chi connectivity index (χ1n) is 3.52. The van der Waals surface area contributed by atoms with Crippen LogP contribution in [0.3, 0.4) is 0 Å². The van der Waals surface area contributed by atoms with E-state index in [4.69, 9.17) is 5.11 Å². The third-order valence-corrected chi connectivity index (χ3v) is 2.59. The van der Waals surface area contributed by atoms with Gasteiger partial charge in [0.2, 0.25) is 0 Å². The number of fused-ring (bicyclic) bond motifs is 1. The minimum atomic E-state index is -1.10. The van der Waals surface area contributed by atoms with E-state index in [0.29, 0.717) is 14.9 Å². The number of carbonyl (C=O) groups is 1. The summed E-state index contributed by atoms with van der Waals surface area (Å²) in [5.41, 5.74) is 0.234. The molecule has 0 radical (unpaired) electrons. The molecule has 0 unspecified atom stereocenters. The quantitative estimate of drug-likeness (QED) is 0.872. The fraction of sp³-hybridized carbons (Fsp3) is 0. The number of imidazole rings is 1. The molecule has 0 aromatic carbocycles. The number of carboxylic acids is 1. The lowest BCUT2D eigenvalue weighted by molar-refractivity contribution is 0.0692. The van der Waals surface area contributed by atoms with E-state index in [2.05, 4.69) is 41.8 Å². The molecule has 0 bridgehead atoms. The fourth-order valence-corrected chi connectivity index (χ4v) is 1.83. The zero-order chi connectivity index (χ0) is 10.3. The second-order valence-electron chi connectivity index (χ2n) is 2.49. The van der Waals surface area contributed by atoms with E-state index in [9.17, 15) is 4.79 Å². The number of halogens is 2. The maximum Gasteiger partial charge on any atom is 0.358 e. The first kappa shape index (κ1) is 9.60. The van der Waals surface area contributed by atoms with Crippen molar-refractivity contribution in [2.24, 2.45) is 0 Å². The zero-order valence-corrected chi connectivity index (χ0v) is 9.78. The van der Waals surface area contributed by atoms with Crippen molar-refractivity contribution >= 4 is 43.5 Å². The van der Waals surface area contributed by atoms with Crippen molar-refractivity contribution < 1.29 is 9.90 Å². The molecule has 72 valence electrons. The summed E-state index contributed by atoms with van der Waals surface area (Å²) in [6.07, 6.45) is 3.16. The Hall–Kier alpha value is -0.950. The average molecular weight is 321 g/mol. The van der Waals surface area contributed by atoms with Crippen LogP contribution in [-0.4, -0.2) is 25.4 Å². The lowest BCUT2D eigenvalue weighted by Crippen LogP contribution is -2.04. The van der Waals surface area contributed by atoms with Crippen LogP contribution in [0, 0.1) is 0 Å². The van der Waals surface area contributed by atoms with Crippen molar-refractivity contribution in [3.63, 3.8) is 0 Å². The summed E-state index contributed by atoms with van der Waals surface area (Å²) in [4.78, 5) is 18.6. The van der Waals surface area contributed by atoms with Crippen molar-refractivity contribution in [2.75, 3.05) is 0 Å². The van der Waals surface area contributed by atoms with Gasteiger partial charge in [-0.05, 0) is 31.9 Å². The van der Waals surface area contributed by atoms with E-state index in [1.54, 1.807) is 10.6 Å². The number of aromatic carboxylic acids is 1. The van der Waals surface area contributed by atoms with Gasteiger partial charge < -0.3 is 5.11 Å². The van der Waals surface area contributed by atoms with Crippen molar-refractivity contribution in [3.05, 3.63) is 27.3 Å². The fourth-order valence-electron chi connectivity index (χ4n) is 1.07. The summed E-state index contributed by atoms with van der Waals surface area (Å²) in [5, 5.41) is 8.86. The maximum absolute atomic E-state index is 10.8. The number of carboxylic acid groups (broad SMARTS) is 1. The van der Waals surface area contributed by atoms with Crippen LogP contribution in [0.1, 0.15) is 10.5 Å². The minimum Gasteiger partial charge on any atom is -0.476 e. The van der Waals surface area contributed by atoms with Gasteiger partial charge in [-0.2, -0.15) is 0 Å². The smallest absolute Gasteiger partial charge is 0.358 e. The molecule has 0 aliphatic rings. The number of hydrogen-bond donors (Lipinski definition) is 1. The second kappa shape index (κ2) is 3.32. The largest absolute Gasteiger partial charge is 0.476 e. The van der Waals surface area contributed by atoms with Gasteiger partial charge in [-0.25, -0.2) is 14.8 Å².